The number of nitrogens with one attached hydrogen (secondary N) is 1. The Balaban J connectivity index is 0.000000240. The van der Waals surface area contributed by atoms with Gasteiger partial charge >= 0.3 is 5.97 Å². The predicted octanol–water partition coefficient (Wildman–Crippen LogP) is 2.41. The lowest BCUT2D eigenvalue weighted by Crippen LogP contribution is -2.44. The maximum absolute atomic E-state index is 12.9. The van der Waals surface area contributed by atoms with E-state index in [9.17, 15) is 43.5 Å². The van der Waals surface area contributed by atoms with Gasteiger partial charge in [-0.25, -0.2) is 0 Å². The van der Waals surface area contributed by atoms with Crippen LogP contribution in [-0.4, -0.2) is 130 Å². The molecule has 0 unspecified atom stereocenters. The lowest BCUT2D eigenvalue weighted by molar-refractivity contribution is -0.150. The van der Waals surface area contributed by atoms with Gasteiger partial charge in [-0.2, -0.15) is 0 Å². The van der Waals surface area contributed by atoms with Crippen LogP contribution in [0, 0.1) is 0 Å². The van der Waals surface area contributed by atoms with Gasteiger partial charge in [-0.15, -0.1) is 0 Å². The third-order valence-electron chi connectivity index (χ3n) is 9.83. The van der Waals surface area contributed by atoms with Crippen molar-refractivity contribution in [1.82, 2.24) is 24.9 Å². The molecular formula is C39H49N5O10. The van der Waals surface area contributed by atoms with Gasteiger partial charge in [0.05, 0.1) is 41.3 Å². The van der Waals surface area contributed by atoms with E-state index >= 15 is 0 Å². The average molecular weight is 748 g/mol. The molecule has 0 radical (unpaired) electrons. The average Bonchev–Trinajstić information content (AvgIpc) is 3.91. The monoisotopic (exact) mass is 747 g/mol. The Kier molecular flexibility index (Phi) is 14.2. The van der Waals surface area contributed by atoms with Crippen molar-refractivity contribution in [3.63, 3.8) is 0 Å². The second-order valence-electron chi connectivity index (χ2n) is 13.1. The molecule has 2 fully saturated rings. The van der Waals surface area contributed by atoms with Crippen LogP contribution in [0.5, 0.6) is 0 Å². The number of fused-ring (bicyclic) bond motifs is 2. The summed E-state index contributed by atoms with van der Waals surface area (Å²) in [7, 11) is 1.49. The molecule has 0 aromatic heterocycles. The summed E-state index contributed by atoms with van der Waals surface area (Å²) in [5.41, 5.74) is 1.28. The van der Waals surface area contributed by atoms with Gasteiger partial charge in [0.2, 0.25) is 17.7 Å². The van der Waals surface area contributed by atoms with E-state index in [1.165, 1.54) is 7.05 Å². The number of likely N-dealkylation sites (tertiary alicyclic amines) is 2. The quantitative estimate of drug-likeness (QED) is 0.270. The summed E-state index contributed by atoms with van der Waals surface area (Å²) in [6.07, 6.45) is 1.43. The maximum atomic E-state index is 12.9. The van der Waals surface area contributed by atoms with Gasteiger partial charge < -0.3 is 25.0 Å². The smallest absolute Gasteiger partial charge is 0.306 e. The first-order valence-electron chi connectivity index (χ1n) is 18.5. The van der Waals surface area contributed by atoms with E-state index < -0.39 is 41.8 Å². The lowest BCUT2D eigenvalue weighted by atomic mass is 10.1. The highest BCUT2D eigenvalue weighted by atomic mass is 16.5. The molecule has 2 N–H and O–H groups in total. The van der Waals surface area contributed by atoms with Crippen LogP contribution in [0.3, 0.4) is 0 Å². The normalized spacial score (nSPS) is 21.2. The largest absolute Gasteiger partial charge is 0.460 e. The van der Waals surface area contributed by atoms with Gasteiger partial charge in [-0.3, -0.25) is 48.2 Å². The van der Waals surface area contributed by atoms with Gasteiger partial charge in [0.25, 0.3) is 23.6 Å². The fourth-order valence-electron chi connectivity index (χ4n) is 7.04. The molecule has 4 atom stereocenters. The number of carbonyl (C=O) groups excluding carboxylic acids is 8. The molecule has 0 bridgehead atoms. The van der Waals surface area contributed by atoms with Crippen LogP contribution in [0.15, 0.2) is 48.5 Å². The molecule has 0 aliphatic carbocycles. The summed E-state index contributed by atoms with van der Waals surface area (Å²) < 4.78 is 5.42. The minimum Gasteiger partial charge on any atom is -0.460 e. The highest BCUT2D eigenvalue weighted by molar-refractivity contribution is 6.23. The molecule has 6 rings (SSSR count). The Bertz CT molecular complexity index is 1710. The molecule has 2 saturated heterocycles. The number of imide groups is 2. The Labute approximate surface area is 314 Å². The maximum Gasteiger partial charge on any atom is 0.306 e. The van der Waals surface area contributed by atoms with Crippen LogP contribution in [0.25, 0.3) is 0 Å². The molecule has 0 saturated carbocycles. The standard InChI is InChI=1S/C21H25N3O6.C16H18N2O4.C2H6/c1-3-13-10-14(30-19(27)9-8-17(25)22-2)11-23(13)18(26)12-24-20(28)15-6-4-5-7-16(15)21(24)29;1-2-10-7-11(19)8-17(10)14(20)9-18-15(21)12-5-3-4-6-13(12)16(18)22;1-2/h4-7,13-14H,3,8-12H2,1-2H3,(H,22,25);3-6,10-11,19H,2,7-9H2,1H3;1-2H3/t13-,14-;10-,11-;/m11./s1. The Hall–Kier alpha value is -5.44. The molecule has 54 heavy (non-hydrogen) atoms. The number of nitrogens with zero attached hydrogens (tertiary/aromatic N) is 4. The zero-order valence-corrected chi connectivity index (χ0v) is 31.4. The number of aliphatic hydroxyl groups is 1. The first-order valence-corrected chi connectivity index (χ1v) is 18.5. The lowest BCUT2D eigenvalue weighted by Gasteiger charge is -2.25. The second kappa shape index (κ2) is 18.5. The Morgan fingerprint density at radius 2 is 1.09 bits per heavy atom. The van der Waals surface area contributed by atoms with Crippen LogP contribution in [0.1, 0.15) is 108 Å². The minimum absolute atomic E-state index is 0.0299. The molecule has 290 valence electrons. The number of hydrogen-bond acceptors (Lipinski definition) is 10. The number of aliphatic hydroxyl groups excluding tert-OH is 1. The van der Waals surface area contributed by atoms with E-state index in [-0.39, 0.29) is 68.8 Å². The van der Waals surface area contributed by atoms with Crippen molar-refractivity contribution in [3.8, 4) is 0 Å². The third-order valence-corrected chi connectivity index (χ3v) is 9.83. The molecule has 4 aliphatic heterocycles. The molecule has 2 aromatic carbocycles. The van der Waals surface area contributed by atoms with E-state index in [0.29, 0.717) is 41.5 Å². The van der Waals surface area contributed by atoms with Gasteiger partial charge in [-0.1, -0.05) is 52.0 Å². The highest BCUT2D eigenvalue weighted by Crippen LogP contribution is 2.27. The summed E-state index contributed by atoms with van der Waals surface area (Å²) >= 11 is 0. The van der Waals surface area contributed by atoms with E-state index in [4.69, 9.17) is 4.74 Å². The summed E-state index contributed by atoms with van der Waals surface area (Å²) in [6.45, 7) is 7.72. The van der Waals surface area contributed by atoms with Crippen LogP contribution in [0.4, 0.5) is 0 Å². The molecule has 4 heterocycles. The summed E-state index contributed by atoms with van der Waals surface area (Å²) in [6, 6.07) is 12.9. The molecule has 7 amide bonds. The van der Waals surface area contributed by atoms with E-state index in [2.05, 4.69) is 5.32 Å². The van der Waals surface area contributed by atoms with E-state index in [1.54, 1.807) is 58.3 Å². The van der Waals surface area contributed by atoms with Gasteiger partial charge in [0, 0.05) is 38.5 Å². The zero-order valence-electron chi connectivity index (χ0n) is 31.4. The number of amides is 7. The molecule has 4 aliphatic rings. The summed E-state index contributed by atoms with van der Waals surface area (Å²) in [4.78, 5) is 103. The Morgan fingerprint density at radius 1 is 0.685 bits per heavy atom. The fraction of sp³-hybridized carbons (Fsp3) is 0.487. The SMILES string of the molecule is CC.CC[C@@H]1C[C@@H](O)CN1C(=O)CN1C(=O)c2ccccc2C1=O.CC[C@@H]1C[C@@H](OC(=O)CCC(=O)NC)CN1C(=O)CN1C(=O)c2ccccc2C1=O. The number of hydrogen-bond donors (Lipinski definition) is 2. The predicted molar refractivity (Wildman–Crippen MR) is 195 cm³/mol. The van der Waals surface area contributed by atoms with Crippen molar-refractivity contribution in [3.05, 3.63) is 70.8 Å². The van der Waals surface area contributed by atoms with Crippen molar-refractivity contribution in [2.75, 3.05) is 33.2 Å². The fourth-order valence-corrected chi connectivity index (χ4v) is 7.04. The van der Waals surface area contributed by atoms with Crippen molar-refractivity contribution in [1.29, 1.82) is 0 Å². The van der Waals surface area contributed by atoms with Crippen molar-refractivity contribution in [2.45, 2.75) is 90.5 Å². The molecule has 15 nitrogen and oxygen atoms in total. The van der Waals surface area contributed by atoms with Crippen molar-refractivity contribution >= 4 is 47.3 Å². The van der Waals surface area contributed by atoms with Crippen molar-refractivity contribution in [2.24, 2.45) is 0 Å². The number of carbonyl (C=O) groups is 8. The number of benzene rings is 2. The Morgan fingerprint density at radius 3 is 1.50 bits per heavy atom. The highest BCUT2D eigenvalue weighted by Gasteiger charge is 2.42. The minimum atomic E-state index is -0.531. The van der Waals surface area contributed by atoms with Gasteiger partial charge in [0.1, 0.15) is 19.2 Å². The molecule has 15 heteroatoms. The second-order valence-corrected chi connectivity index (χ2v) is 13.1. The zero-order chi connectivity index (χ0) is 39.7. The van der Waals surface area contributed by atoms with E-state index in [0.717, 1.165) is 16.2 Å². The van der Waals surface area contributed by atoms with Crippen LogP contribution in [-0.2, 0) is 23.9 Å². The van der Waals surface area contributed by atoms with Crippen molar-refractivity contribution < 1.29 is 48.2 Å². The number of β-amino-alcohol motifs (C(OH)–C–C–N with tert-alkyl or cyclic N) is 1. The van der Waals surface area contributed by atoms with E-state index in [1.807, 2.05) is 27.7 Å². The molecule has 2 aromatic rings. The molecule has 0 spiro atoms. The van der Waals surface area contributed by atoms with Crippen LogP contribution in [0.2, 0.25) is 0 Å². The number of rotatable bonds is 10. The molecular weight excluding hydrogens is 698 g/mol. The van der Waals surface area contributed by atoms with Gasteiger partial charge in [0.15, 0.2) is 0 Å². The van der Waals surface area contributed by atoms with Gasteiger partial charge in [-0.05, 0) is 43.5 Å². The summed E-state index contributed by atoms with van der Waals surface area (Å²) in [5, 5.41) is 12.2. The van der Waals surface area contributed by atoms with Crippen LogP contribution < -0.4 is 5.32 Å². The first kappa shape index (κ1) is 41.3. The third kappa shape index (κ3) is 9.01. The topological polar surface area (TPSA) is 191 Å². The summed E-state index contributed by atoms with van der Waals surface area (Å²) in [5.74, 6) is -3.21. The number of ether oxygens (including phenoxy) is 1. The number of esters is 1. The first-order chi connectivity index (χ1) is 25.9. The van der Waals surface area contributed by atoms with Crippen LogP contribution >= 0.6 is 0 Å².